The fourth-order valence-electron chi connectivity index (χ4n) is 3.33. The van der Waals surface area contributed by atoms with Crippen molar-refractivity contribution in [3.63, 3.8) is 0 Å². The highest BCUT2D eigenvalue weighted by atomic mass is 16.6. The molecule has 2 aromatic heterocycles. The number of amides is 1. The summed E-state index contributed by atoms with van der Waals surface area (Å²) in [6.45, 7) is 2.82. The van der Waals surface area contributed by atoms with Crippen molar-refractivity contribution in [3.8, 4) is 0 Å². The minimum Gasteiger partial charge on any atom is -0.446 e. The summed E-state index contributed by atoms with van der Waals surface area (Å²) in [6, 6.07) is 1.86. The number of rotatable bonds is 8. The zero-order valence-electron chi connectivity index (χ0n) is 16.0. The Morgan fingerprint density at radius 2 is 2.11 bits per heavy atom. The van der Waals surface area contributed by atoms with Crippen molar-refractivity contribution in [2.75, 3.05) is 11.9 Å². The Bertz CT molecular complexity index is 730. The monoisotopic (exact) mass is 372 g/mol. The van der Waals surface area contributed by atoms with Gasteiger partial charge in [-0.1, -0.05) is 19.8 Å². The van der Waals surface area contributed by atoms with E-state index in [1.54, 1.807) is 10.9 Å². The van der Waals surface area contributed by atoms with Gasteiger partial charge in [0.1, 0.15) is 11.9 Å². The lowest BCUT2D eigenvalue weighted by Crippen LogP contribution is -2.28. The number of alkyl carbamates (subject to hydrolysis) is 1. The fraction of sp³-hybridized carbons (Fsp3) is 0.579. The van der Waals surface area contributed by atoms with E-state index in [0.29, 0.717) is 18.4 Å². The number of nitrogens with zero attached hydrogens (tertiary/aromatic N) is 4. The molecule has 0 unspecified atom stereocenters. The summed E-state index contributed by atoms with van der Waals surface area (Å²) in [6.07, 6.45) is 11.0. The van der Waals surface area contributed by atoms with Gasteiger partial charge in [-0.05, 0) is 37.2 Å². The summed E-state index contributed by atoms with van der Waals surface area (Å²) in [5.74, 6) is 1.70. The second-order valence-corrected chi connectivity index (χ2v) is 6.98. The molecule has 0 bridgehead atoms. The van der Waals surface area contributed by atoms with Crippen LogP contribution in [-0.2, 0) is 11.8 Å². The molecule has 1 aliphatic rings. The lowest BCUT2D eigenvalue weighted by atomic mass is 10.0. The first-order valence-electron chi connectivity index (χ1n) is 9.67. The van der Waals surface area contributed by atoms with E-state index in [9.17, 15) is 4.79 Å². The van der Waals surface area contributed by atoms with Crippen LogP contribution in [0.15, 0.2) is 24.7 Å². The Labute approximate surface area is 159 Å². The molecule has 2 heterocycles. The summed E-state index contributed by atoms with van der Waals surface area (Å²) >= 11 is 0. The van der Waals surface area contributed by atoms with Gasteiger partial charge in [-0.3, -0.25) is 4.68 Å². The third kappa shape index (κ3) is 5.42. The van der Waals surface area contributed by atoms with Gasteiger partial charge in [0, 0.05) is 32.1 Å². The van der Waals surface area contributed by atoms with Crippen LogP contribution < -0.4 is 10.6 Å². The molecule has 0 saturated heterocycles. The quantitative estimate of drug-likeness (QED) is 0.689. The Hall–Kier alpha value is -2.64. The lowest BCUT2D eigenvalue weighted by molar-refractivity contribution is 0.100. The fourth-order valence-corrected chi connectivity index (χ4v) is 3.33. The Balaban J connectivity index is 1.45. The molecule has 8 heteroatoms. The molecule has 0 aromatic carbocycles. The van der Waals surface area contributed by atoms with Crippen LogP contribution in [-0.4, -0.2) is 38.5 Å². The number of anilines is 2. The minimum absolute atomic E-state index is 0.0339. The summed E-state index contributed by atoms with van der Waals surface area (Å²) in [5, 5.41) is 10.1. The molecule has 1 fully saturated rings. The van der Waals surface area contributed by atoms with Crippen molar-refractivity contribution in [1.82, 2.24) is 25.1 Å². The molecular formula is C19H28N6O2. The second kappa shape index (κ2) is 9.34. The van der Waals surface area contributed by atoms with Gasteiger partial charge >= 0.3 is 6.09 Å². The minimum atomic E-state index is -0.302. The topological polar surface area (TPSA) is 94.0 Å². The standard InChI is InChI=1S/C19H28N6O2/c1-3-4-5-9-20-19(26)27-16-7-6-14(11-16)15-12-21-18(22-13-15)24-17-8-10-23-25(17)2/h8,10,12-14,16H,3-7,9,11H2,1-2H3,(H,20,26)(H,21,22,24)/t14-,16+/m1/s1. The Morgan fingerprint density at radius 3 is 2.81 bits per heavy atom. The SMILES string of the molecule is CCCCCNC(=O)O[C@H]1CC[C@@H](c2cnc(Nc3ccnn3C)nc2)C1. The molecule has 27 heavy (non-hydrogen) atoms. The average molecular weight is 372 g/mol. The predicted octanol–water partition coefficient (Wildman–Crippen LogP) is 3.51. The predicted molar refractivity (Wildman–Crippen MR) is 103 cm³/mol. The van der Waals surface area contributed by atoms with E-state index in [1.165, 1.54) is 0 Å². The summed E-state index contributed by atoms with van der Waals surface area (Å²) in [4.78, 5) is 20.7. The number of hydrogen-bond acceptors (Lipinski definition) is 6. The van der Waals surface area contributed by atoms with Gasteiger partial charge < -0.3 is 15.4 Å². The van der Waals surface area contributed by atoms with Gasteiger partial charge in [-0.15, -0.1) is 0 Å². The van der Waals surface area contributed by atoms with Gasteiger partial charge in [0.05, 0.1) is 6.20 Å². The van der Waals surface area contributed by atoms with Gasteiger partial charge in [0.15, 0.2) is 0 Å². The second-order valence-electron chi connectivity index (χ2n) is 6.98. The van der Waals surface area contributed by atoms with Crippen LogP contribution in [0.5, 0.6) is 0 Å². The van der Waals surface area contributed by atoms with Crippen LogP contribution >= 0.6 is 0 Å². The number of aromatic nitrogens is 4. The maximum atomic E-state index is 11.9. The molecule has 2 N–H and O–H groups in total. The largest absolute Gasteiger partial charge is 0.446 e. The van der Waals surface area contributed by atoms with E-state index in [1.807, 2.05) is 25.5 Å². The molecule has 1 aliphatic carbocycles. The van der Waals surface area contributed by atoms with Crippen molar-refractivity contribution < 1.29 is 9.53 Å². The number of hydrogen-bond donors (Lipinski definition) is 2. The van der Waals surface area contributed by atoms with Crippen molar-refractivity contribution in [2.24, 2.45) is 7.05 Å². The molecule has 2 atom stereocenters. The number of aryl methyl sites for hydroxylation is 1. The Kier molecular flexibility index (Phi) is 6.62. The van der Waals surface area contributed by atoms with E-state index in [0.717, 1.165) is 49.9 Å². The smallest absolute Gasteiger partial charge is 0.407 e. The number of unbranched alkanes of at least 4 members (excludes halogenated alkanes) is 2. The molecule has 146 valence electrons. The third-order valence-corrected chi connectivity index (χ3v) is 4.91. The first-order valence-corrected chi connectivity index (χ1v) is 9.67. The normalized spacial score (nSPS) is 19.0. The van der Waals surface area contributed by atoms with Crippen LogP contribution in [0.3, 0.4) is 0 Å². The van der Waals surface area contributed by atoms with Crippen LogP contribution in [0, 0.1) is 0 Å². The average Bonchev–Trinajstić information content (AvgIpc) is 3.29. The number of nitrogens with one attached hydrogen (secondary N) is 2. The highest BCUT2D eigenvalue weighted by Gasteiger charge is 2.29. The highest BCUT2D eigenvalue weighted by Crippen LogP contribution is 2.35. The van der Waals surface area contributed by atoms with Gasteiger partial charge in [0.2, 0.25) is 5.95 Å². The highest BCUT2D eigenvalue weighted by molar-refractivity contribution is 5.67. The van der Waals surface area contributed by atoms with Crippen molar-refractivity contribution in [2.45, 2.75) is 57.5 Å². The molecule has 1 amide bonds. The maximum absolute atomic E-state index is 11.9. The zero-order valence-corrected chi connectivity index (χ0v) is 16.0. The molecule has 0 spiro atoms. The number of carbonyl (C=O) groups excluding carboxylic acids is 1. The lowest BCUT2D eigenvalue weighted by Gasteiger charge is -2.14. The molecule has 1 saturated carbocycles. The van der Waals surface area contributed by atoms with Gasteiger partial charge in [-0.25, -0.2) is 14.8 Å². The van der Waals surface area contributed by atoms with Crippen molar-refractivity contribution >= 4 is 17.9 Å². The summed E-state index contributed by atoms with van der Waals surface area (Å²) in [7, 11) is 1.86. The molecule has 0 aliphatic heterocycles. The van der Waals surface area contributed by atoms with E-state index >= 15 is 0 Å². The van der Waals surface area contributed by atoms with E-state index in [4.69, 9.17) is 4.74 Å². The number of carbonyl (C=O) groups is 1. The van der Waals surface area contributed by atoms with E-state index < -0.39 is 0 Å². The van der Waals surface area contributed by atoms with Crippen molar-refractivity contribution in [1.29, 1.82) is 0 Å². The van der Waals surface area contributed by atoms with Gasteiger partial charge in [-0.2, -0.15) is 5.10 Å². The van der Waals surface area contributed by atoms with E-state index in [-0.39, 0.29) is 12.2 Å². The van der Waals surface area contributed by atoms with Crippen LogP contribution in [0.2, 0.25) is 0 Å². The third-order valence-electron chi connectivity index (χ3n) is 4.91. The molecule has 8 nitrogen and oxygen atoms in total. The molecule has 0 radical (unpaired) electrons. The molecule has 2 aromatic rings. The first-order chi connectivity index (χ1) is 13.2. The molecule has 3 rings (SSSR count). The van der Waals surface area contributed by atoms with Crippen LogP contribution in [0.1, 0.15) is 56.9 Å². The zero-order chi connectivity index (χ0) is 19.1. The summed E-state index contributed by atoms with van der Waals surface area (Å²) in [5.41, 5.74) is 1.08. The van der Waals surface area contributed by atoms with Crippen LogP contribution in [0.25, 0.3) is 0 Å². The van der Waals surface area contributed by atoms with Gasteiger partial charge in [0.25, 0.3) is 0 Å². The summed E-state index contributed by atoms with van der Waals surface area (Å²) < 4.78 is 7.26. The maximum Gasteiger partial charge on any atom is 0.407 e. The first kappa shape index (κ1) is 19.1. The molecular weight excluding hydrogens is 344 g/mol. The van der Waals surface area contributed by atoms with Crippen molar-refractivity contribution in [3.05, 3.63) is 30.2 Å². The van der Waals surface area contributed by atoms with E-state index in [2.05, 4.69) is 32.6 Å². The number of ether oxygens (including phenoxy) is 1. The Morgan fingerprint density at radius 1 is 1.30 bits per heavy atom. The van der Waals surface area contributed by atoms with Crippen LogP contribution in [0.4, 0.5) is 16.6 Å².